The maximum absolute atomic E-state index is 12.3. The maximum atomic E-state index is 12.3. The molecule has 2 aliphatic rings. The molecule has 0 aromatic carbocycles. The Labute approximate surface area is 132 Å². The fraction of sp³-hybridized carbons (Fsp3) is 0.867. The molecule has 2 heterocycles. The molecule has 0 aliphatic carbocycles. The molecule has 7 nitrogen and oxygen atoms in total. The van der Waals surface area contributed by atoms with E-state index < -0.39 is 0 Å². The van der Waals surface area contributed by atoms with Gasteiger partial charge in [-0.3, -0.25) is 9.69 Å². The van der Waals surface area contributed by atoms with Gasteiger partial charge in [-0.15, -0.1) is 0 Å². The van der Waals surface area contributed by atoms with Gasteiger partial charge in [0.2, 0.25) is 5.91 Å². The summed E-state index contributed by atoms with van der Waals surface area (Å²) >= 11 is 0. The van der Waals surface area contributed by atoms with Crippen LogP contribution in [0, 0.1) is 0 Å². The molecule has 2 aliphatic heterocycles. The summed E-state index contributed by atoms with van der Waals surface area (Å²) in [7, 11) is 0. The first kappa shape index (κ1) is 17.0. The number of hydrogen-bond acceptors (Lipinski definition) is 4. The number of amides is 3. The molecule has 7 heteroatoms. The van der Waals surface area contributed by atoms with Gasteiger partial charge >= 0.3 is 6.03 Å². The molecule has 0 radical (unpaired) electrons. The summed E-state index contributed by atoms with van der Waals surface area (Å²) in [5, 5.41) is 3.01. The molecule has 1 atom stereocenters. The quantitative estimate of drug-likeness (QED) is 0.748. The third-order valence-electron chi connectivity index (χ3n) is 4.37. The van der Waals surface area contributed by atoms with E-state index in [2.05, 4.69) is 10.2 Å². The van der Waals surface area contributed by atoms with Crippen LogP contribution in [0.2, 0.25) is 0 Å². The van der Waals surface area contributed by atoms with Crippen molar-refractivity contribution in [1.29, 1.82) is 0 Å². The number of urea groups is 1. The van der Waals surface area contributed by atoms with E-state index in [9.17, 15) is 9.59 Å². The van der Waals surface area contributed by atoms with E-state index in [1.807, 2.05) is 30.6 Å². The molecule has 0 aromatic heterocycles. The molecule has 22 heavy (non-hydrogen) atoms. The van der Waals surface area contributed by atoms with Crippen LogP contribution in [0.15, 0.2) is 0 Å². The summed E-state index contributed by atoms with van der Waals surface area (Å²) in [6.45, 7) is 11.4. The van der Waals surface area contributed by atoms with Crippen LogP contribution in [0.25, 0.3) is 0 Å². The van der Waals surface area contributed by atoms with Crippen LogP contribution in [-0.2, 0) is 4.79 Å². The van der Waals surface area contributed by atoms with E-state index in [0.717, 1.165) is 32.7 Å². The number of hydrogen-bond donors (Lipinski definition) is 2. The molecule has 2 fully saturated rings. The van der Waals surface area contributed by atoms with E-state index in [0.29, 0.717) is 19.5 Å². The second kappa shape index (κ2) is 6.83. The first-order valence-electron chi connectivity index (χ1n) is 8.09. The summed E-state index contributed by atoms with van der Waals surface area (Å²) in [6.07, 6.45) is 0.399. The normalized spacial score (nSPS) is 24.0. The van der Waals surface area contributed by atoms with Crippen molar-refractivity contribution < 1.29 is 9.59 Å². The largest absolute Gasteiger partial charge is 0.336 e. The highest BCUT2D eigenvalue weighted by molar-refractivity contribution is 5.82. The number of piperazine rings is 1. The predicted molar refractivity (Wildman–Crippen MR) is 85.5 cm³/mol. The first-order valence-corrected chi connectivity index (χ1v) is 8.09. The summed E-state index contributed by atoms with van der Waals surface area (Å²) in [5.74, 6) is 0.116. The molecule has 0 spiro atoms. The molecule has 0 bridgehead atoms. The van der Waals surface area contributed by atoms with E-state index in [-0.39, 0.29) is 23.5 Å². The zero-order valence-corrected chi connectivity index (χ0v) is 14.0. The fourth-order valence-corrected chi connectivity index (χ4v) is 3.08. The highest BCUT2D eigenvalue weighted by atomic mass is 16.2. The second-order valence-electron chi connectivity index (χ2n) is 7.14. The average molecular weight is 311 g/mol. The van der Waals surface area contributed by atoms with Gasteiger partial charge in [-0.05, 0) is 20.8 Å². The van der Waals surface area contributed by atoms with E-state index in [1.54, 1.807) is 0 Å². The lowest BCUT2D eigenvalue weighted by atomic mass is 10.1. The Morgan fingerprint density at radius 2 is 1.91 bits per heavy atom. The first-order chi connectivity index (χ1) is 10.3. The Hall–Kier alpha value is -1.34. The minimum absolute atomic E-state index is 0.0547. The van der Waals surface area contributed by atoms with Crippen LogP contribution in [-0.4, -0.2) is 84.0 Å². The van der Waals surface area contributed by atoms with Gasteiger partial charge in [0, 0.05) is 57.8 Å². The lowest BCUT2D eigenvalue weighted by Crippen LogP contribution is -2.54. The average Bonchev–Trinajstić information content (AvgIpc) is 2.80. The second-order valence-corrected chi connectivity index (χ2v) is 7.14. The summed E-state index contributed by atoms with van der Waals surface area (Å²) in [4.78, 5) is 30.3. The van der Waals surface area contributed by atoms with Gasteiger partial charge in [0.1, 0.15) is 0 Å². The number of nitrogens with two attached hydrogens (primary N) is 1. The molecule has 2 rings (SSSR count). The molecule has 2 saturated heterocycles. The third-order valence-corrected chi connectivity index (χ3v) is 4.37. The van der Waals surface area contributed by atoms with Crippen LogP contribution in [0.4, 0.5) is 4.79 Å². The van der Waals surface area contributed by atoms with Crippen molar-refractivity contribution in [3.63, 3.8) is 0 Å². The van der Waals surface area contributed by atoms with Crippen LogP contribution < -0.4 is 11.1 Å². The zero-order valence-electron chi connectivity index (χ0n) is 14.0. The van der Waals surface area contributed by atoms with Crippen molar-refractivity contribution in [2.45, 2.75) is 38.8 Å². The van der Waals surface area contributed by atoms with Gasteiger partial charge < -0.3 is 20.9 Å². The topological polar surface area (TPSA) is 81.9 Å². The van der Waals surface area contributed by atoms with Crippen LogP contribution in [0.1, 0.15) is 27.2 Å². The Bertz CT molecular complexity index is 413. The van der Waals surface area contributed by atoms with Crippen molar-refractivity contribution >= 4 is 11.9 Å². The lowest BCUT2D eigenvalue weighted by molar-refractivity contribution is -0.131. The minimum atomic E-state index is -0.190. The van der Waals surface area contributed by atoms with Crippen LogP contribution >= 0.6 is 0 Å². The van der Waals surface area contributed by atoms with E-state index >= 15 is 0 Å². The Kier molecular flexibility index (Phi) is 5.28. The van der Waals surface area contributed by atoms with Crippen molar-refractivity contribution in [3.05, 3.63) is 0 Å². The molecular formula is C15H29N5O2. The van der Waals surface area contributed by atoms with Crippen molar-refractivity contribution in [2.75, 3.05) is 45.8 Å². The Morgan fingerprint density at radius 1 is 1.27 bits per heavy atom. The molecular weight excluding hydrogens is 282 g/mol. The fourth-order valence-electron chi connectivity index (χ4n) is 3.08. The third kappa shape index (κ3) is 4.10. The van der Waals surface area contributed by atoms with Crippen LogP contribution in [0.3, 0.4) is 0 Å². The minimum Gasteiger partial charge on any atom is -0.336 e. The van der Waals surface area contributed by atoms with Gasteiger partial charge in [0.05, 0.1) is 6.04 Å². The molecule has 1 unspecified atom stereocenters. The van der Waals surface area contributed by atoms with Crippen molar-refractivity contribution in [3.8, 4) is 0 Å². The van der Waals surface area contributed by atoms with Gasteiger partial charge in [0.25, 0.3) is 0 Å². The van der Waals surface area contributed by atoms with Crippen molar-refractivity contribution in [2.24, 2.45) is 5.73 Å². The van der Waals surface area contributed by atoms with Gasteiger partial charge in [0.15, 0.2) is 0 Å². The standard InChI is InChI=1S/C15H29N5O2/c1-15(2,3)20-11-12(10-13(20)21)17-14(22)19-8-6-18(5-4-16)7-9-19/h12H,4-11,16H2,1-3H3,(H,17,22). The number of likely N-dealkylation sites (tertiary alicyclic amines) is 1. The zero-order chi connectivity index (χ0) is 16.3. The van der Waals surface area contributed by atoms with Gasteiger partial charge in [-0.1, -0.05) is 0 Å². The molecule has 0 saturated carbocycles. The van der Waals surface area contributed by atoms with Gasteiger partial charge in [-0.2, -0.15) is 0 Å². The van der Waals surface area contributed by atoms with Gasteiger partial charge in [-0.25, -0.2) is 4.79 Å². The maximum Gasteiger partial charge on any atom is 0.317 e. The van der Waals surface area contributed by atoms with E-state index in [4.69, 9.17) is 5.73 Å². The summed E-state index contributed by atoms with van der Waals surface area (Å²) < 4.78 is 0. The molecule has 3 N–H and O–H groups in total. The number of nitrogens with one attached hydrogen (secondary N) is 1. The lowest BCUT2D eigenvalue weighted by Gasteiger charge is -2.35. The number of rotatable bonds is 3. The number of carbonyl (C=O) groups is 2. The summed E-state index contributed by atoms with van der Waals surface area (Å²) in [6, 6.07) is -0.137. The number of carbonyl (C=O) groups excluding carboxylic acids is 2. The highest BCUT2D eigenvalue weighted by Crippen LogP contribution is 2.22. The summed E-state index contributed by atoms with van der Waals surface area (Å²) in [5.41, 5.74) is 5.36. The molecule has 126 valence electrons. The Morgan fingerprint density at radius 3 is 2.41 bits per heavy atom. The Balaban J connectivity index is 1.80. The highest BCUT2D eigenvalue weighted by Gasteiger charge is 2.37. The monoisotopic (exact) mass is 311 g/mol. The van der Waals surface area contributed by atoms with Crippen molar-refractivity contribution in [1.82, 2.24) is 20.0 Å². The van der Waals surface area contributed by atoms with Crippen LogP contribution in [0.5, 0.6) is 0 Å². The predicted octanol–water partition coefficient (Wildman–Crippen LogP) is -0.328. The van der Waals surface area contributed by atoms with E-state index in [1.165, 1.54) is 0 Å². The number of nitrogens with zero attached hydrogens (tertiary/aromatic N) is 3. The smallest absolute Gasteiger partial charge is 0.317 e. The molecule has 3 amide bonds. The SMILES string of the molecule is CC(C)(C)N1CC(NC(=O)N2CCN(CCN)CC2)CC1=O. The molecule has 0 aromatic rings.